The zero-order valence-electron chi connectivity index (χ0n) is 9.05. The molecule has 2 rings (SSSR count). The lowest BCUT2D eigenvalue weighted by atomic mass is 10.2. The smallest absolute Gasteiger partial charge is 0.193 e. The summed E-state index contributed by atoms with van der Waals surface area (Å²) in [7, 11) is 0. The molecule has 0 amide bonds. The number of rotatable bonds is 5. The van der Waals surface area contributed by atoms with Gasteiger partial charge in [0, 0.05) is 5.56 Å². The van der Waals surface area contributed by atoms with Gasteiger partial charge in [-0.15, -0.1) is 0 Å². The van der Waals surface area contributed by atoms with Crippen LogP contribution in [0, 0.1) is 0 Å². The fourth-order valence-electron chi connectivity index (χ4n) is 1.57. The summed E-state index contributed by atoms with van der Waals surface area (Å²) in [5.41, 5.74) is 1.33. The van der Waals surface area contributed by atoms with Crippen molar-refractivity contribution in [3.63, 3.8) is 0 Å². The lowest BCUT2D eigenvalue weighted by Gasteiger charge is -2.04. The average Bonchev–Trinajstić information content (AvgIpc) is 2.95. The number of hydrogen-bond donors (Lipinski definition) is 0. The van der Waals surface area contributed by atoms with Crippen LogP contribution in [-0.4, -0.2) is 13.2 Å². The predicted octanol–water partition coefficient (Wildman–Crippen LogP) is 4.27. The molecule has 15 heavy (non-hydrogen) atoms. The van der Waals surface area contributed by atoms with Crippen molar-refractivity contribution in [3.05, 3.63) is 35.9 Å². The van der Waals surface area contributed by atoms with E-state index in [-0.39, 0.29) is 0 Å². The van der Waals surface area contributed by atoms with E-state index in [9.17, 15) is 0 Å². The maximum Gasteiger partial charge on any atom is 0.359 e. The summed E-state index contributed by atoms with van der Waals surface area (Å²) in [6.07, 6.45) is 0. The molecule has 0 aromatic heterocycles. The van der Waals surface area contributed by atoms with Gasteiger partial charge in [-0.25, -0.2) is 0 Å². The first kappa shape index (κ1) is 11.4. The highest BCUT2D eigenvalue weighted by atomic mass is 32.8. The Balaban J connectivity index is 2.08. The second kappa shape index (κ2) is 4.84. The van der Waals surface area contributed by atoms with E-state index < -0.39 is 6.92 Å². The summed E-state index contributed by atoms with van der Waals surface area (Å²) in [6, 6.07) is 10.5. The molecule has 2 nitrogen and oxygen atoms in total. The van der Waals surface area contributed by atoms with Crippen molar-refractivity contribution in [3.8, 4) is 0 Å². The summed E-state index contributed by atoms with van der Waals surface area (Å²) >= 11 is 1.85. The largest absolute Gasteiger partial charge is 0.359 e. The van der Waals surface area contributed by atoms with Gasteiger partial charge in [0.15, 0.2) is 0 Å². The van der Waals surface area contributed by atoms with E-state index >= 15 is 0 Å². The van der Waals surface area contributed by atoms with Gasteiger partial charge in [0.1, 0.15) is 11.4 Å². The predicted molar refractivity (Wildman–Crippen MR) is 66.9 cm³/mol. The summed E-state index contributed by atoms with van der Waals surface area (Å²) in [5.74, 6) is 0. The highest BCUT2D eigenvalue weighted by Crippen LogP contribution is 3.01. The number of benzene rings is 1. The van der Waals surface area contributed by atoms with Crippen LogP contribution in [-0.2, 0) is 9.05 Å². The van der Waals surface area contributed by atoms with Gasteiger partial charge in [-0.1, -0.05) is 30.3 Å². The zero-order chi connectivity index (χ0) is 10.7. The maximum absolute atomic E-state index is 5.80. The summed E-state index contributed by atoms with van der Waals surface area (Å²) in [6.45, 7) is 3.93. The second-order valence-corrected chi connectivity index (χ2v) is 8.55. The van der Waals surface area contributed by atoms with Crippen molar-refractivity contribution >= 4 is 18.3 Å². The standard InChI is InChI=1S/C11H16O2PS/c1-3-12-14(13-4-2)11(15-14)10-8-6-5-7-9-10/h5-9,11H,3-4H2,1-2H3/q+1. The van der Waals surface area contributed by atoms with Crippen LogP contribution in [0.5, 0.6) is 0 Å². The Hall–Kier alpha value is -0.0800. The Morgan fingerprint density at radius 1 is 1.13 bits per heavy atom. The Morgan fingerprint density at radius 2 is 1.73 bits per heavy atom. The lowest BCUT2D eigenvalue weighted by Crippen LogP contribution is -1.91. The zero-order valence-corrected chi connectivity index (χ0v) is 10.8. The van der Waals surface area contributed by atoms with E-state index in [1.165, 1.54) is 5.56 Å². The van der Waals surface area contributed by atoms with Crippen LogP contribution in [0.3, 0.4) is 0 Å². The lowest BCUT2D eigenvalue weighted by molar-refractivity contribution is 0.268. The maximum atomic E-state index is 5.80. The summed E-state index contributed by atoms with van der Waals surface area (Å²) < 4.78 is 11.6. The third-order valence-corrected chi connectivity index (χ3v) is 7.90. The molecule has 1 aliphatic heterocycles. The quantitative estimate of drug-likeness (QED) is 0.568. The molecule has 1 atom stereocenters. The topological polar surface area (TPSA) is 18.5 Å². The van der Waals surface area contributed by atoms with Gasteiger partial charge in [-0.05, 0) is 13.8 Å². The molecule has 1 aromatic rings. The molecule has 1 saturated heterocycles. The fraction of sp³-hybridized carbons (Fsp3) is 0.455. The molecule has 1 aromatic carbocycles. The molecule has 1 unspecified atom stereocenters. The van der Waals surface area contributed by atoms with Crippen molar-refractivity contribution in [2.75, 3.05) is 13.2 Å². The van der Waals surface area contributed by atoms with Gasteiger partial charge in [0.25, 0.3) is 0 Å². The third kappa shape index (κ3) is 2.36. The highest BCUT2D eigenvalue weighted by Gasteiger charge is 2.73. The van der Waals surface area contributed by atoms with Crippen LogP contribution >= 0.6 is 18.3 Å². The molecular weight excluding hydrogens is 227 g/mol. The molecule has 1 heterocycles. The van der Waals surface area contributed by atoms with Crippen molar-refractivity contribution in [2.24, 2.45) is 0 Å². The summed E-state index contributed by atoms with van der Waals surface area (Å²) in [4.78, 5) is 0.443. The van der Waals surface area contributed by atoms with Crippen molar-refractivity contribution < 1.29 is 9.05 Å². The highest BCUT2D eigenvalue weighted by molar-refractivity contribution is 8.74. The monoisotopic (exact) mass is 243 g/mol. The number of hydrogen-bond acceptors (Lipinski definition) is 3. The van der Waals surface area contributed by atoms with E-state index in [2.05, 4.69) is 24.3 Å². The van der Waals surface area contributed by atoms with E-state index in [1.54, 1.807) is 0 Å². The van der Waals surface area contributed by atoms with Gasteiger partial charge < -0.3 is 0 Å². The van der Waals surface area contributed by atoms with Gasteiger partial charge in [-0.2, -0.15) is 9.05 Å². The third-order valence-electron chi connectivity index (χ3n) is 2.19. The van der Waals surface area contributed by atoms with Crippen molar-refractivity contribution in [1.29, 1.82) is 0 Å². The molecule has 0 spiro atoms. The van der Waals surface area contributed by atoms with Gasteiger partial charge in [-0.3, -0.25) is 0 Å². The summed E-state index contributed by atoms with van der Waals surface area (Å²) in [5, 5.41) is 0. The second-order valence-electron chi connectivity index (χ2n) is 3.24. The van der Waals surface area contributed by atoms with Crippen LogP contribution in [0.4, 0.5) is 0 Å². The molecule has 0 radical (unpaired) electrons. The first-order valence-corrected chi connectivity index (χ1v) is 8.41. The van der Waals surface area contributed by atoms with Crippen molar-refractivity contribution in [1.82, 2.24) is 0 Å². The van der Waals surface area contributed by atoms with Crippen molar-refractivity contribution in [2.45, 2.75) is 18.8 Å². The van der Waals surface area contributed by atoms with E-state index in [0.717, 1.165) is 13.2 Å². The molecule has 4 heteroatoms. The molecule has 1 fully saturated rings. The van der Waals surface area contributed by atoms with E-state index in [1.807, 2.05) is 31.3 Å². The molecule has 0 bridgehead atoms. The minimum absolute atomic E-state index is 0.443. The van der Waals surface area contributed by atoms with Crippen LogP contribution in [0.25, 0.3) is 0 Å². The average molecular weight is 243 g/mol. The molecule has 1 aliphatic rings. The first-order valence-electron chi connectivity index (χ1n) is 5.23. The molecular formula is C11H16O2PS+. The van der Waals surface area contributed by atoms with Crippen LogP contribution in [0.2, 0.25) is 0 Å². The fourth-order valence-corrected chi connectivity index (χ4v) is 7.25. The Kier molecular flexibility index (Phi) is 3.68. The minimum Gasteiger partial charge on any atom is -0.193 e. The van der Waals surface area contributed by atoms with Gasteiger partial charge in [0.2, 0.25) is 4.99 Å². The molecule has 82 valence electrons. The normalized spacial score (nSPS) is 22.7. The molecule has 0 N–H and O–H groups in total. The van der Waals surface area contributed by atoms with E-state index in [4.69, 9.17) is 9.05 Å². The van der Waals surface area contributed by atoms with Crippen LogP contribution in [0.1, 0.15) is 24.4 Å². The Morgan fingerprint density at radius 3 is 2.27 bits per heavy atom. The SMILES string of the molecule is CCO[P+]1(OCC)SC1c1ccccc1. The van der Waals surface area contributed by atoms with Crippen LogP contribution < -0.4 is 0 Å². The minimum atomic E-state index is -1.61. The van der Waals surface area contributed by atoms with Gasteiger partial charge >= 0.3 is 6.92 Å². The van der Waals surface area contributed by atoms with E-state index in [0.29, 0.717) is 4.99 Å². The van der Waals surface area contributed by atoms with Crippen LogP contribution in [0.15, 0.2) is 30.3 Å². The molecule has 0 aliphatic carbocycles. The van der Waals surface area contributed by atoms with Gasteiger partial charge in [0.05, 0.1) is 13.2 Å². The Labute approximate surface area is 95.6 Å². The Bertz CT molecular complexity index is 312. The first-order chi connectivity index (χ1) is 7.32. The molecule has 0 saturated carbocycles.